The fourth-order valence-corrected chi connectivity index (χ4v) is 3.09. The lowest BCUT2D eigenvalue weighted by atomic mass is 10.1. The molecule has 0 aromatic rings. The highest BCUT2D eigenvalue weighted by molar-refractivity contribution is 7.99. The first kappa shape index (κ1) is 15.1. The van der Waals surface area contributed by atoms with Crippen LogP contribution in [0, 0.1) is 5.92 Å². The summed E-state index contributed by atoms with van der Waals surface area (Å²) in [5.74, 6) is 2.46. The van der Waals surface area contributed by atoms with Crippen molar-refractivity contribution in [2.75, 3.05) is 18.6 Å². The molecule has 1 unspecified atom stereocenters. The zero-order valence-corrected chi connectivity index (χ0v) is 11.9. The van der Waals surface area contributed by atoms with E-state index < -0.39 is 9.76 Å². The predicted octanol–water partition coefficient (Wildman–Crippen LogP) is 1.35. The van der Waals surface area contributed by atoms with Gasteiger partial charge >= 0.3 is 0 Å². The van der Waals surface area contributed by atoms with Crippen molar-refractivity contribution >= 4 is 27.3 Å². The van der Waals surface area contributed by atoms with Crippen molar-refractivity contribution in [1.82, 2.24) is 0 Å². The molecule has 90 valence electrons. The maximum atomic E-state index is 10.9. The largest absolute Gasteiger partial charge is 0.300 e. The summed E-state index contributed by atoms with van der Waals surface area (Å²) in [6.07, 6.45) is 1.12. The van der Waals surface area contributed by atoms with E-state index in [1.165, 1.54) is 7.11 Å². The molecule has 0 radical (unpaired) electrons. The van der Waals surface area contributed by atoms with Gasteiger partial charge in [0.1, 0.15) is 5.78 Å². The number of rotatable bonds is 10. The van der Waals surface area contributed by atoms with Crippen LogP contribution in [0.3, 0.4) is 0 Å². The predicted molar refractivity (Wildman–Crippen MR) is 64.3 cm³/mol. The molecule has 15 heavy (non-hydrogen) atoms. The molecule has 0 N–H and O–H groups in total. The first-order chi connectivity index (χ1) is 7.18. The quantitative estimate of drug-likeness (QED) is 0.254. The van der Waals surface area contributed by atoms with Crippen LogP contribution in [-0.2, 0) is 19.3 Å². The van der Waals surface area contributed by atoms with Crippen LogP contribution in [0.4, 0.5) is 0 Å². The summed E-state index contributed by atoms with van der Waals surface area (Å²) in [7, 11) is 0.834. The van der Waals surface area contributed by atoms with E-state index in [9.17, 15) is 4.79 Å². The molecule has 0 aromatic heterocycles. The van der Waals surface area contributed by atoms with Gasteiger partial charge in [-0.3, -0.25) is 9.37 Å². The van der Waals surface area contributed by atoms with Crippen LogP contribution < -0.4 is 0 Å². The van der Waals surface area contributed by atoms with Gasteiger partial charge in [0.15, 0.2) is 0 Å². The Bertz CT molecular complexity index is 168. The fraction of sp³-hybridized carbons (Fsp3) is 0.889. The van der Waals surface area contributed by atoms with Gasteiger partial charge in [0.2, 0.25) is 9.76 Å². The van der Waals surface area contributed by atoms with Crippen molar-refractivity contribution < 1.29 is 19.3 Å². The summed E-state index contributed by atoms with van der Waals surface area (Å²) in [6, 6.07) is 1.07. The number of carbonyl (C=O) groups is 1. The standard InChI is InChI=1S/C9H20O4SSi/c1-8(9(2)10)7-14-5-4-6-15-13-12-11-3/h8H,4-7,15H2,1-3H3. The fourth-order valence-electron chi connectivity index (χ4n) is 0.825. The third-order valence-electron chi connectivity index (χ3n) is 1.94. The minimum Gasteiger partial charge on any atom is -0.300 e. The van der Waals surface area contributed by atoms with Crippen molar-refractivity contribution in [3.63, 3.8) is 0 Å². The Morgan fingerprint density at radius 3 is 2.87 bits per heavy atom. The van der Waals surface area contributed by atoms with Gasteiger partial charge in [0, 0.05) is 11.7 Å². The number of Topliss-reactive ketones (excluding diaryl/α,β-unsaturated/α-hetero) is 1. The van der Waals surface area contributed by atoms with Crippen LogP contribution in [0.5, 0.6) is 0 Å². The van der Waals surface area contributed by atoms with E-state index >= 15 is 0 Å². The smallest absolute Gasteiger partial charge is 0.212 e. The lowest BCUT2D eigenvalue weighted by Crippen LogP contribution is -2.09. The number of thioether (sulfide) groups is 1. The molecule has 0 saturated carbocycles. The minimum absolute atomic E-state index is 0.181. The zero-order chi connectivity index (χ0) is 11.5. The van der Waals surface area contributed by atoms with Gasteiger partial charge in [-0.25, -0.2) is 4.89 Å². The summed E-state index contributed by atoms with van der Waals surface area (Å²) < 4.78 is 4.80. The second kappa shape index (κ2) is 10.6. The van der Waals surface area contributed by atoms with Gasteiger partial charge in [0.25, 0.3) is 0 Å². The molecule has 0 amide bonds. The molecule has 0 aliphatic rings. The highest BCUT2D eigenvalue weighted by atomic mass is 32.2. The maximum Gasteiger partial charge on any atom is 0.212 e. The van der Waals surface area contributed by atoms with E-state index in [2.05, 4.69) is 9.93 Å². The molecule has 0 aliphatic carbocycles. The Balaban J connectivity index is 3.08. The van der Waals surface area contributed by atoms with Gasteiger partial charge in [-0.2, -0.15) is 11.8 Å². The third kappa shape index (κ3) is 10.4. The number of carbonyl (C=O) groups excluding carboxylic acids is 1. The second-order valence-corrected chi connectivity index (χ2v) is 5.85. The number of hydrogen-bond donors (Lipinski definition) is 0. The van der Waals surface area contributed by atoms with Crippen LogP contribution in [-0.4, -0.2) is 34.2 Å². The molecule has 0 spiro atoms. The van der Waals surface area contributed by atoms with Crippen LogP contribution in [0.25, 0.3) is 0 Å². The monoisotopic (exact) mass is 252 g/mol. The first-order valence-electron chi connectivity index (χ1n) is 5.09. The van der Waals surface area contributed by atoms with E-state index in [-0.39, 0.29) is 11.7 Å². The average molecular weight is 252 g/mol. The number of hydrogen-bond acceptors (Lipinski definition) is 5. The first-order valence-corrected chi connectivity index (χ1v) is 7.82. The molecular formula is C9H20O4SSi. The van der Waals surface area contributed by atoms with Crippen LogP contribution in [0.1, 0.15) is 20.3 Å². The maximum absolute atomic E-state index is 10.9. The summed E-state index contributed by atoms with van der Waals surface area (Å²) in [5.41, 5.74) is 0. The molecule has 4 nitrogen and oxygen atoms in total. The highest BCUT2D eigenvalue weighted by Gasteiger charge is 2.06. The van der Waals surface area contributed by atoms with Gasteiger partial charge in [-0.15, -0.1) is 0 Å². The van der Waals surface area contributed by atoms with E-state index in [1.807, 2.05) is 18.7 Å². The van der Waals surface area contributed by atoms with Crippen molar-refractivity contribution in [2.24, 2.45) is 5.92 Å². The van der Waals surface area contributed by atoms with Crippen LogP contribution in [0.15, 0.2) is 0 Å². The molecule has 0 fully saturated rings. The molecular weight excluding hydrogens is 232 g/mol. The Labute approximate surface area is 97.8 Å². The van der Waals surface area contributed by atoms with Gasteiger partial charge in [0.05, 0.1) is 7.11 Å². The molecule has 0 rings (SSSR count). The van der Waals surface area contributed by atoms with E-state index in [1.54, 1.807) is 6.92 Å². The lowest BCUT2D eigenvalue weighted by molar-refractivity contribution is -0.456. The third-order valence-corrected chi connectivity index (χ3v) is 4.31. The van der Waals surface area contributed by atoms with E-state index in [0.29, 0.717) is 0 Å². The molecule has 1 atom stereocenters. The van der Waals surface area contributed by atoms with Gasteiger partial charge < -0.3 is 0 Å². The molecule has 0 bridgehead atoms. The molecule has 0 aromatic carbocycles. The second-order valence-electron chi connectivity index (χ2n) is 3.35. The Kier molecular flexibility index (Phi) is 10.7. The van der Waals surface area contributed by atoms with Crippen molar-refractivity contribution in [3.8, 4) is 0 Å². The molecule has 0 aliphatic heterocycles. The van der Waals surface area contributed by atoms with Gasteiger partial charge in [-0.05, 0) is 25.1 Å². The van der Waals surface area contributed by atoms with Crippen LogP contribution in [0.2, 0.25) is 6.04 Å². The Morgan fingerprint density at radius 1 is 1.53 bits per heavy atom. The SMILES string of the molecule is COOO[SiH2]CCCSCC(C)C(C)=O. The lowest BCUT2D eigenvalue weighted by Gasteiger charge is -2.06. The van der Waals surface area contributed by atoms with Crippen LogP contribution >= 0.6 is 11.8 Å². The zero-order valence-electron chi connectivity index (χ0n) is 9.65. The number of ketones is 1. The van der Waals surface area contributed by atoms with Crippen molar-refractivity contribution in [1.29, 1.82) is 0 Å². The van der Waals surface area contributed by atoms with E-state index in [0.717, 1.165) is 24.0 Å². The summed E-state index contributed by atoms with van der Waals surface area (Å²) in [6.45, 7) is 3.62. The molecule has 0 heterocycles. The highest BCUT2D eigenvalue weighted by Crippen LogP contribution is 2.11. The molecule has 0 saturated heterocycles. The van der Waals surface area contributed by atoms with Crippen molar-refractivity contribution in [3.05, 3.63) is 0 Å². The average Bonchev–Trinajstić information content (AvgIpc) is 2.21. The minimum atomic E-state index is -0.590. The summed E-state index contributed by atoms with van der Waals surface area (Å²) in [5, 5.41) is 4.32. The van der Waals surface area contributed by atoms with Crippen molar-refractivity contribution in [2.45, 2.75) is 26.3 Å². The normalized spacial score (nSPS) is 13.5. The van der Waals surface area contributed by atoms with E-state index in [4.69, 9.17) is 4.58 Å². The Hall–Kier alpha value is 0.117. The summed E-state index contributed by atoms with van der Waals surface area (Å²) in [4.78, 5) is 15.2. The van der Waals surface area contributed by atoms with Gasteiger partial charge in [-0.1, -0.05) is 12.0 Å². The summed E-state index contributed by atoms with van der Waals surface area (Å²) >= 11 is 1.83. The Morgan fingerprint density at radius 2 is 2.27 bits per heavy atom. The molecule has 6 heteroatoms. The topological polar surface area (TPSA) is 44.8 Å².